The van der Waals surface area contributed by atoms with Gasteiger partial charge >= 0.3 is 0 Å². The molecule has 0 bridgehead atoms. The summed E-state index contributed by atoms with van der Waals surface area (Å²) >= 11 is 0. The van der Waals surface area contributed by atoms with Gasteiger partial charge in [-0.05, 0) is 43.5 Å². The third-order valence-corrected chi connectivity index (χ3v) is 3.03. The van der Waals surface area contributed by atoms with Crippen LogP contribution in [0.1, 0.15) is 31.2 Å². The van der Waals surface area contributed by atoms with Crippen LogP contribution in [-0.4, -0.2) is 31.0 Å². The lowest BCUT2D eigenvalue weighted by atomic mass is 10.1. The van der Waals surface area contributed by atoms with Gasteiger partial charge in [0.1, 0.15) is 12.4 Å². The molecule has 1 aliphatic rings. The Morgan fingerprint density at radius 2 is 2.11 bits per heavy atom. The molecule has 0 radical (unpaired) electrons. The Hall–Kier alpha value is -1.50. The van der Waals surface area contributed by atoms with Crippen LogP contribution >= 0.6 is 0 Å². The minimum absolute atomic E-state index is 0.107. The molecule has 102 valence electrons. The van der Waals surface area contributed by atoms with Gasteiger partial charge in [0.15, 0.2) is 0 Å². The normalized spacial score (nSPS) is 18.5. The van der Waals surface area contributed by atoms with E-state index in [1.807, 2.05) is 24.3 Å². The molecule has 0 aliphatic carbocycles. The molecule has 1 saturated heterocycles. The Morgan fingerprint density at radius 1 is 1.26 bits per heavy atom. The van der Waals surface area contributed by atoms with E-state index in [9.17, 15) is 0 Å². The van der Waals surface area contributed by atoms with Crippen molar-refractivity contribution in [2.24, 2.45) is 0 Å². The van der Waals surface area contributed by atoms with Crippen molar-refractivity contribution in [2.75, 3.05) is 19.8 Å². The van der Waals surface area contributed by atoms with Crippen LogP contribution in [0.15, 0.2) is 24.3 Å². The van der Waals surface area contributed by atoms with Gasteiger partial charge < -0.3 is 14.6 Å². The van der Waals surface area contributed by atoms with E-state index in [4.69, 9.17) is 14.6 Å². The van der Waals surface area contributed by atoms with Gasteiger partial charge in [-0.2, -0.15) is 0 Å². The molecular formula is C16H20O3. The van der Waals surface area contributed by atoms with Gasteiger partial charge in [-0.3, -0.25) is 0 Å². The van der Waals surface area contributed by atoms with Gasteiger partial charge in [0.25, 0.3) is 0 Å². The summed E-state index contributed by atoms with van der Waals surface area (Å²) in [7, 11) is 0. The number of aliphatic hydroxyl groups excluding tert-OH is 1. The third kappa shape index (κ3) is 4.94. The van der Waals surface area contributed by atoms with Crippen molar-refractivity contribution in [3.8, 4) is 17.6 Å². The Morgan fingerprint density at radius 3 is 2.79 bits per heavy atom. The van der Waals surface area contributed by atoms with Gasteiger partial charge in [0, 0.05) is 18.6 Å². The van der Waals surface area contributed by atoms with E-state index in [0.717, 1.165) is 30.8 Å². The lowest BCUT2D eigenvalue weighted by molar-refractivity contribution is -0.0110. The maximum absolute atomic E-state index is 8.65. The van der Waals surface area contributed by atoms with Crippen LogP contribution < -0.4 is 4.74 Å². The van der Waals surface area contributed by atoms with Gasteiger partial charge in [-0.1, -0.05) is 11.8 Å². The summed E-state index contributed by atoms with van der Waals surface area (Å²) in [5, 5.41) is 8.65. The summed E-state index contributed by atoms with van der Waals surface area (Å²) in [5.41, 5.74) is 0.940. The molecule has 1 aromatic carbocycles. The maximum Gasteiger partial charge on any atom is 0.119 e. The highest BCUT2D eigenvalue weighted by Gasteiger charge is 2.14. The maximum atomic E-state index is 8.65. The van der Waals surface area contributed by atoms with E-state index < -0.39 is 0 Å². The zero-order valence-corrected chi connectivity index (χ0v) is 11.1. The van der Waals surface area contributed by atoms with Crippen molar-refractivity contribution in [2.45, 2.75) is 31.8 Å². The molecule has 3 heteroatoms. The Bertz CT molecular complexity index is 422. The van der Waals surface area contributed by atoms with Crippen molar-refractivity contribution < 1.29 is 14.6 Å². The summed E-state index contributed by atoms with van der Waals surface area (Å²) in [6.45, 7) is 1.58. The van der Waals surface area contributed by atoms with Crippen LogP contribution in [0.3, 0.4) is 0 Å². The Kier molecular flexibility index (Phi) is 5.74. The number of aliphatic hydroxyl groups is 1. The molecule has 3 nitrogen and oxygen atoms in total. The molecule has 0 spiro atoms. The predicted octanol–water partition coefficient (Wildman–Crippen LogP) is 2.37. The second kappa shape index (κ2) is 7.83. The average Bonchev–Trinajstić information content (AvgIpc) is 2.48. The predicted molar refractivity (Wildman–Crippen MR) is 74.1 cm³/mol. The summed E-state index contributed by atoms with van der Waals surface area (Å²) < 4.78 is 11.3. The second-order valence-electron chi connectivity index (χ2n) is 4.60. The monoisotopic (exact) mass is 260 g/mol. The van der Waals surface area contributed by atoms with Gasteiger partial charge in [0.05, 0.1) is 12.7 Å². The zero-order valence-electron chi connectivity index (χ0n) is 11.1. The van der Waals surface area contributed by atoms with Crippen molar-refractivity contribution in [1.29, 1.82) is 0 Å². The Balaban J connectivity index is 1.80. The van der Waals surface area contributed by atoms with E-state index in [2.05, 4.69) is 11.8 Å². The number of hydrogen-bond acceptors (Lipinski definition) is 3. The van der Waals surface area contributed by atoms with E-state index in [1.165, 1.54) is 6.42 Å². The summed E-state index contributed by atoms with van der Waals surface area (Å²) in [6, 6.07) is 7.71. The second-order valence-corrected chi connectivity index (χ2v) is 4.60. The summed E-state index contributed by atoms with van der Waals surface area (Å²) in [6.07, 6.45) is 4.23. The fourth-order valence-corrected chi connectivity index (χ4v) is 1.98. The first-order valence-electron chi connectivity index (χ1n) is 6.82. The van der Waals surface area contributed by atoms with Gasteiger partial charge in [-0.15, -0.1) is 0 Å². The molecule has 2 rings (SSSR count). The molecule has 0 saturated carbocycles. The summed E-state index contributed by atoms with van der Waals surface area (Å²) in [5.74, 6) is 6.73. The van der Waals surface area contributed by atoms with Crippen molar-refractivity contribution in [3.63, 3.8) is 0 Å². The first kappa shape index (κ1) is 13.9. The molecule has 1 atom stereocenters. The molecule has 1 heterocycles. The highest BCUT2D eigenvalue weighted by molar-refractivity contribution is 5.38. The minimum atomic E-state index is 0.107. The van der Waals surface area contributed by atoms with Crippen molar-refractivity contribution in [1.82, 2.24) is 0 Å². The van der Waals surface area contributed by atoms with E-state index in [1.54, 1.807) is 0 Å². The van der Waals surface area contributed by atoms with Crippen LogP contribution in [0.2, 0.25) is 0 Å². The van der Waals surface area contributed by atoms with Crippen LogP contribution in [0.4, 0.5) is 0 Å². The standard InChI is InChI=1S/C16H20O3/c17-11-3-1-5-14-7-9-15(10-8-14)19-13-16-6-2-4-12-18-16/h7-10,16-17H,2-4,6,11-13H2. The fourth-order valence-electron chi connectivity index (χ4n) is 1.98. The van der Waals surface area contributed by atoms with Crippen molar-refractivity contribution >= 4 is 0 Å². The molecule has 0 aromatic heterocycles. The van der Waals surface area contributed by atoms with E-state index in [0.29, 0.717) is 13.0 Å². The highest BCUT2D eigenvalue weighted by Crippen LogP contribution is 2.16. The molecule has 1 unspecified atom stereocenters. The molecule has 1 aliphatic heterocycles. The SMILES string of the molecule is OCCC#Cc1ccc(OCC2CCCCO2)cc1. The van der Waals surface area contributed by atoms with Gasteiger partial charge in [0.2, 0.25) is 0 Å². The lowest BCUT2D eigenvalue weighted by Gasteiger charge is -2.22. The first-order chi connectivity index (χ1) is 9.38. The number of hydrogen-bond donors (Lipinski definition) is 1. The van der Waals surface area contributed by atoms with E-state index >= 15 is 0 Å². The Labute approximate surface area is 114 Å². The van der Waals surface area contributed by atoms with Gasteiger partial charge in [-0.25, -0.2) is 0 Å². The molecule has 1 fully saturated rings. The smallest absolute Gasteiger partial charge is 0.119 e. The van der Waals surface area contributed by atoms with Crippen LogP contribution in [0.25, 0.3) is 0 Å². The van der Waals surface area contributed by atoms with Crippen LogP contribution in [-0.2, 0) is 4.74 Å². The largest absolute Gasteiger partial charge is 0.491 e. The first-order valence-corrected chi connectivity index (χ1v) is 6.82. The molecular weight excluding hydrogens is 240 g/mol. The number of benzene rings is 1. The lowest BCUT2D eigenvalue weighted by Crippen LogP contribution is -2.25. The molecule has 0 amide bonds. The quantitative estimate of drug-likeness (QED) is 0.845. The van der Waals surface area contributed by atoms with E-state index in [-0.39, 0.29) is 12.7 Å². The minimum Gasteiger partial charge on any atom is -0.491 e. The van der Waals surface area contributed by atoms with Crippen molar-refractivity contribution in [3.05, 3.63) is 29.8 Å². The molecule has 1 aromatic rings. The highest BCUT2D eigenvalue weighted by atomic mass is 16.5. The number of ether oxygens (including phenoxy) is 2. The van der Waals surface area contributed by atoms with Crippen LogP contribution in [0, 0.1) is 11.8 Å². The van der Waals surface area contributed by atoms with Crippen LogP contribution in [0.5, 0.6) is 5.75 Å². The summed E-state index contributed by atoms with van der Waals surface area (Å²) in [4.78, 5) is 0. The third-order valence-electron chi connectivity index (χ3n) is 3.03. The zero-order chi connectivity index (χ0) is 13.3. The average molecular weight is 260 g/mol. The number of rotatable bonds is 4. The molecule has 1 N–H and O–H groups in total. The topological polar surface area (TPSA) is 38.7 Å². The molecule has 19 heavy (non-hydrogen) atoms. The fraction of sp³-hybridized carbons (Fsp3) is 0.500.